The first-order valence-electron chi connectivity index (χ1n) is 6.38. The summed E-state index contributed by atoms with van der Waals surface area (Å²) in [5.74, 6) is -0.350. The van der Waals surface area contributed by atoms with Crippen molar-refractivity contribution in [3.05, 3.63) is 34.9 Å². The van der Waals surface area contributed by atoms with E-state index in [-0.39, 0.29) is 17.9 Å². The molecule has 5 nitrogen and oxygen atoms in total. The van der Waals surface area contributed by atoms with Gasteiger partial charge in [-0.3, -0.25) is 9.59 Å². The van der Waals surface area contributed by atoms with Crippen molar-refractivity contribution in [3.63, 3.8) is 0 Å². The Bertz CT molecular complexity index is 571. The molecule has 1 atom stereocenters. The predicted octanol–water partition coefficient (Wildman–Crippen LogP) is 2.13. The lowest BCUT2D eigenvalue weighted by molar-refractivity contribution is -0.130. The van der Waals surface area contributed by atoms with Crippen LogP contribution in [0.25, 0.3) is 0 Å². The Morgan fingerprint density at radius 1 is 1.40 bits per heavy atom. The lowest BCUT2D eigenvalue weighted by atomic mass is 10.1. The molecule has 106 valence electrons. The van der Waals surface area contributed by atoms with Crippen LogP contribution in [-0.4, -0.2) is 29.6 Å². The fourth-order valence-corrected chi connectivity index (χ4v) is 2.32. The number of hydrazone groups is 1. The summed E-state index contributed by atoms with van der Waals surface area (Å²) >= 11 is 6.10. The van der Waals surface area contributed by atoms with Crippen molar-refractivity contribution in [1.82, 2.24) is 10.3 Å². The maximum Gasteiger partial charge on any atom is 0.267 e. The average molecular weight is 294 g/mol. The summed E-state index contributed by atoms with van der Waals surface area (Å²) in [5, 5.41) is 8.65. The van der Waals surface area contributed by atoms with E-state index in [1.165, 1.54) is 5.01 Å². The van der Waals surface area contributed by atoms with Crippen molar-refractivity contribution >= 4 is 29.1 Å². The van der Waals surface area contributed by atoms with Crippen molar-refractivity contribution < 1.29 is 9.59 Å². The Balaban J connectivity index is 2.07. The Hall–Kier alpha value is -1.88. The van der Waals surface area contributed by atoms with Crippen molar-refractivity contribution in [1.29, 1.82) is 0 Å². The van der Waals surface area contributed by atoms with Crippen LogP contribution in [0, 0.1) is 0 Å². The zero-order valence-corrected chi connectivity index (χ0v) is 12.1. The number of benzene rings is 1. The topological polar surface area (TPSA) is 61.8 Å². The Labute approximate surface area is 122 Å². The van der Waals surface area contributed by atoms with E-state index in [1.54, 1.807) is 13.1 Å². The number of halogens is 1. The Morgan fingerprint density at radius 2 is 2.10 bits per heavy atom. The summed E-state index contributed by atoms with van der Waals surface area (Å²) in [4.78, 5) is 23.4. The molecule has 0 radical (unpaired) electrons. The third-order valence-corrected chi connectivity index (χ3v) is 3.53. The van der Waals surface area contributed by atoms with Gasteiger partial charge >= 0.3 is 0 Å². The highest BCUT2D eigenvalue weighted by molar-refractivity contribution is 6.39. The molecule has 2 rings (SSSR count). The quantitative estimate of drug-likeness (QED) is 0.928. The number of hydrogen-bond acceptors (Lipinski definition) is 3. The van der Waals surface area contributed by atoms with Crippen LogP contribution < -0.4 is 5.32 Å². The molecule has 0 spiro atoms. The molecule has 1 aliphatic rings. The molecule has 0 fully saturated rings. The highest BCUT2D eigenvalue weighted by atomic mass is 35.5. The number of nitrogens with one attached hydrogen (secondary N) is 1. The van der Waals surface area contributed by atoms with Gasteiger partial charge in [0, 0.05) is 24.9 Å². The van der Waals surface area contributed by atoms with Crippen LogP contribution in [0.15, 0.2) is 29.4 Å². The second kappa shape index (κ2) is 6.05. The summed E-state index contributed by atoms with van der Waals surface area (Å²) in [6, 6.07) is 7.14. The van der Waals surface area contributed by atoms with Gasteiger partial charge in [0.05, 0.1) is 6.04 Å². The second-order valence-corrected chi connectivity index (χ2v) is 5.09. The van der Waals surface area contributed by atoms with Crippen LogP contribution in [0.4, 0.5) is 0 Å². The minimum Gasteiger partial charge on any atom is -0.344 e. The Morgan fingerprint density at radius 3 is 2.75 bits per heavy atom. The van der Waals surface area contributed by atoms with Crippen LogP contribution in [0.1, 0.15) is 31.4 Å². The summed E-state index contributed by atoms with van der Waals surface area (Å²) in [7, 11) is 1.55. The van der Waals surface area contributed by atoms with Gasteiger partial charge in [-0.05, 0) is 18.6 Å². The first-order chi connectivity index (χ1) is 9.49. The molecule has 0 saturated carbocycles. The molecule has 1 aromatic rings. The molecular weight excluding hydrogens is 278 g/mol. The second-order valence-electron chi connectivity index (χ2n) is 4.68. The van der Waals surface area contributed by atoms with Gasteiger partial charge in [0.25, 0.3) is 5.91 Å². The highest BCUT2D eigenvalue weighted by Crippen LogP contribution is 2.22. The zero-order chi connectivity index (χ0) is 14.7. The number of nitrogens with zero attached hydrogens (tertiary/aromatic N) is 2. The number of hydrogen-bond donors (Lipinski definition) is 1. The summed E-state index contributed by atoms with van der Waals surface area (Å²) < 4.78 is 0. The van der Waals surface area contributed by atoms with Gasteiger partial charge in [0.1, 0.15) is 5.71 Å². The van der Waals surface area contributed by atoms with Crippen LogP contribution in [0.3, 0.4) is 0 Å². The minimum absolute atomic E-state index is 0.0827. The molecule has 1 heterocycles. The first kappa shape index (κ1) is 14.5. The molecule has 6 heteroatoms. The number of carbonyl (C=O) groups excluding carboxylic acids is 2. The average Bonchev–Trinajstić information content (AvgIpc) is 2.42. The lowest BCUT2D eigenvalue weighted by Crippen LogP contribution is -2.38. The third kappa shape index (κ3) is 3.17. The zero-order valence-electron chi connectivity index (χ0n) is 11.4. The number of rotatable bonds is 3. The Kier molecular flexibility index (Phi) is 4.39. The smallest absolute Gasteiger partial charge is 0.267 e. The molecule has 0 saturated heterocycles. The third-order valence-electron chi connectivity index (χ3n) is 3.19. The fraction of sp³-hybridized carbons (Fsp3) is 0.357. The fourth-order valence-electron chi connectivity index (χ4n) is 2.02. The molecule has 20 heavy (non-hydrogen) atoms. The molecule has 1 aromatic carbocycles. The van der Waals surface area contributed by atoms with Crippen molar-refractivity contribution in [3.8, 4) is 0 Å². The maximum atomic E-state index is 12.1. The van der Waals surface area contributed by atoms with E-state index in [0.717, 1.165) is 5.56 Å². The molecule has 2 amide bonds. The van der Waals surface area contributed by atoms with Crippen molar-refractivity contribution in [2.24, 2.45) is 5.10 Å². The standard InChI is InChI=1S/C14H16ClN3O2/c1-9(10-5-3-4-6-11(10)15)16-14(20)12-7-8-13(19)18(2)17-12/h3-6,9H,7-8H2,1-2H3,(H,16,20)/t9-/m0/s1. The van der Waals surface area contributed by atoms with Crippen LogP contribution in [0.2, 0.25) is 5.02 Å². The van der Waals surface area contributed by atoms with Gasteiger partial charge < -0.3 is 5.32 Å². The van der Waals surface area contributed by atoms with E-state index in [1.807, 2.05) is 25.1 Å². The SMILES string of the molecule is C[C@H](NC(=O)C1=NN(C)C(=O)CC1)c1ccccc1Cl. The molecule has 0 bridgehead atoms. The van der Waals surface area contributed by atoms with Crippen LogP contribution in [-0.2, 0) is 9.59 Å². The molecule has 1 N–H and O–H groups in total. The summed E-state index contributed by atoms with van der Waals surface area (Å²) in [6.07, 6.45) is 0.674. The monoisotopic (exact) mass is 293 g/mol. The van der Waals surface area contributed by atoms with Gasteiger partial charge in [-0.2, -0.15) is 5.10 Å². The lowest BCUT2D eigenvalue weighted by Gasteiger charge is -2.21. The van der Waals surface area contributed by atoms with E-state index < -0.39 is 0 Å². The van der Waals surface area contributed by atoms with E-state index >= 15 is 0 Å². The van der Waals surface area contributed by atoms with Crippen LogP contribution in [0.5, 0.6) is 0 Å². The molecular formula is C14H16ClN3O2. The van der Waals surface area contributed by atoms with Crippen molar-refractivity contribution in [2.75, 3.05) is 7.05 Å². The highest BCUT2D eigenvalue weighted by Gasteiger charge is 2.23. The van der Waals surface area contributed by atoms with E-state index in [0.29, 0.717) is 23.6 Å². The van der Waals surface area contributed by atoms with Crippen LogP contribution >= 0.6 is 11.6 Å². The summed E-state index contributed by atoms with van der Waals surface area (Å²) in [6.45, 7) is 1.86. The maximum absolute atomic E-state index is 12.1. The molecule has 0 unspecified atom stereocenters. The van der Waals surface area contributed by atoms with Gasteiger partial charge in [0.15, 0.2) is 0 Å². The number of amides is 2. The first-order valence-corrected chi connectivity index (χ1v) is 6.76. The summed E-state index contributed by atoms with van der Waals surface area (Å²) in [5.41, 5.74) is 1.22. The van der Waals surface area contributed by atoms with Gasteiger partial charge in [-0.25, -0.2) is 5.01 Å². The normalized spacial score (nSPS) is 16.6. The predicted molar refractivity (Wildman–Crippen MR) is 77.4 cm³/mol. The number of carbonyl (C=O) groups is 2. The largest absolute Gasteiger partial charge is 0.344 e. The van der Waals surface area contributed by atoms with Gasteiger partial charge in [0.2, 0.25) is 5.91 Å². The minimum atomic E-state index is -0.267. The van der Waals surface area contributed by atoms with E-state index in [2.05, 4.69) is 10.4 Å². The van der Waals surface area contributed by atoms with E-state index in [4.69, 9.17) is 11.6 Å². The molecule has 0 aliphatic carbocycles. The molecule has 0 aromatic heterocycles. The van der Waals surface area contributed by atoms with Gasteiger partial charge in [-0.15, -0.1) is 0 Å². The molecule has 1 aliphatic heterocycles. The van der Waals surface area contributed by atoms with E-state index in [9.17, 15) is 9.59 Å². The van der Waals surface area contributed by atoms with Crippen molar-refractivity contribution in [2.45, 2.75) is 25.8 Å². The van der Waals surface area contributed by atoms with Gasteiger partial charge in [-0.1, -0.05) is 29.8 Å².